The van der Waals surface area contributed by atoms with E-state index in [9.17, 15) is 5.11 Å². The predicted octanol–water partition coefficient (Wildman–Crippen LogP) is 6.01. The lowest BCUT2D eigenvalue weighted by Gasteiger charge is -2.43. The summed E-state index contributed by atoms with van der Waals surface area (Å²) in [6.45, 7) is 14.0. The van der Waals surface area contributed by atoms with Crippen LogP contribution in [0.1, 0.15) is 60.8 Å². The molecule has 1 N–H and O–H groups in total. The van der Waals surface area contributed by atoms with Crippen molar-refractivity contribution in [2.24, 2.45) is 5.41 Å². The molecule has 1 aliphatic rings. The third-order valence-corrected chi connectivity index (χ3v) is 11.9. The normalized spacial score (nSPS) is 21.5. The maximum absolute atomic E-state index is 11.1. The standard InChI is InChI=1S/C29H40O2Si/c1-24-23-28(5,6)20-21-29(24,30)19-13-14-22-31-32(27(2,3)4,25-15-9-7-10-16-25)26-17-11-8-12-18-26/h7-13,15-19,23,30H,14,20-22H2,1-6H3/b19-13+. The van der Waals surface area contributed by atoms with Crippen LogP contribution in [0.2, 0.25) is 5.04 Å². The molecular formula is C29H40O2Si. The summed E-state index contributed by atoms with van der Waals surface area (Å²) in [4.78, 5) is 0. The van der Waals surface area contributed by atoms with Crippen LogP contribution in [0.3, 0.4) is 0 Å². The molecule has 3 heteroatoms. The van der Waals surface area contributed by atoms with Gasteiger partial charge in [0.15, 0.2) is 0 Å². The number of rotatable bonds is 7. The van der Waals surface area contributed by atoms with E-state index in [1.54, 1.807) is 0 Å². The Balaban J connectivity index is 1.82. The van der Waals surface area contributed by atoms with Crippen molar-refractivity contribution in [2.75, 3.05) is 6.61 Å². The largest absolute Gasteiger partial charge is 0.407 e. The van der Waals surface area contributed by atoms with Crippen molar-refractivity contribution in [1.82, 2.24) is 0 Å². The molecule has 0 heterocycles. The Kier molecular flexibility index (Phi) is 7.33. The monoisotopic (exact) mass is 448 g/mol. The van der Waals surface area contributed by atoms with Crippen molar-refractivity contribution in [2.45, 2.75) is 71.4 Å². The zero-order valence-electron chi connectivity index (χ0n) is 20.7. The molecule has 0 aliphatic heterocycles. The molecule has 1 unspecified atom stereocenters. The highest BCUT2D eigenvalue weighted by molar-refractivity contribution is 6.99. The predicted molar refractivity (Wildman–Crippen MR) is 139 cm³/mol. The van der Waals surface area contributed by atoms with E-state index in [0.29, 0.717) is 6.61 Å². The Labute approximate surface area is 196 Å². The van der Waals surface area contributed by atoms with Gasteiger partial charge in [0, 0.05) is 6.61 Å². The van der Waals surface area contributed by atoms with Gasteiger partial charge in [0.05, 0.1) is 0 Å². The van der Waals surface area contributed by atoms with Crippen molar-refractivity contribution in [3.05, 3.63) is 84.5 Å². The highest BCUT2D eigenvalue weighted by Crippen LogP contribution is 2.40. The summed E-state index contributed by atoms with van der Waals surface area (Å²) in [5, 5.41) is 13.7. The van der Waals surface area contributed by atoms with Gasteiger partial charge < -0.3 is 9.53 Å². The van der Waals surface area contributed by atoms with Crippen LogP contribution in [0, 0.1) is 5.41 Å². The van der Waals surface area contributed by atoms with Gasteiger partial charge in [0.1, 0.15) is 5.60 Å². The van der Waals surface area contributed by atoms with Crippen molar-refractivity contribution in [3.63, 3.8) is 0 Å². The quantitative estimate of drug-likeness (QED) is 0.319. The van der Waals surface area contributed by atoms with Crippen LogP contribution >= 0.6 is 0 Å². The van der Waals surface area contributed by atoms with Gasteiger partial charge in [-0.3, -0.25) is 0 Å². The van der Waals surface area contributed by atoms with Gasteiger partial charge in [-0.25, -0.2) is 0 Å². The maximum atomic E-state index is 11.1. The van der Waals surface area contributed by atoms with Gasteiger partial charge in [0.25, 0.3) is 8.32 Å². The van der Waals surface area contributed by atoms with E-state index >= 15 is 0 Å². The Morgan fingerprint density at radius 3 is 1.94 bits per heavy atom. The Bertz CT molecular complexity index is 899. The first-order valence-electron chi connectivity index (χ1n) is 11.9. The number of hydrogen-bond donors (Lipinski definition) is 1. The topological polar surface area (TPSA) is 29.5 Å². The molecule has 2 aromatic carbocycles. The molecule has 1 atom stereocenters. The molecule has 0 amide bonds. The van der Waals surface area contributed by atoms with Gasteiger partial charge >= 0.3 is 0 Å². The summed E-state index contributed by atoms with van der Waals surface area (Å²) in [5.41, 5.74) is 0.390. The Morgan fingerprint density at radius 1 is 0.938 bits per heavy atom. The fraction of sp³-hybridized carbons (Fsp3) is 0.448. The van der Waals surface area contributed by atoms with E-state index in [4.69, 9.17) is 4.43 Å². The van der Waals surface area contributed by atoms with E-state index in [0.717, 1.165) is 24.8 Å². The van der Waals surface area contributed by atoms with Crippen LogP contribution < -0.4 is 10.4 Å². The van der Waals surface area contributed by atoms with Gasteiger partial charge in [-0.2, -0.15) is 0 Å². The minimum Gasteiger partial charge on any atom is -0.407 e. The first-order chi connectivity index (χ1) is 15.0. The Hall–Kier alpha value is -1.94. The summed E-state index contributed by atoms with van der Waals surface area (Å²) in [7, 11) is -2.50. The molecule has 0 aromatic heterocycles. The summed E-state index contributed by atoms with van der Waals surface area (Å²) < 4.78 is 6.94. The van der Waals surface area contributed by atoms with Crippen LogP contribution in [-0.2, 0) is 4.43 Å². The summed E-state index contributed by atoms with van der Waals surface area (Å²) in [6.07, 6.45) is 8.86. The lowest BCUT2D eigenvalue weighted by atomic mass is 9.72. The highest BCUT2D eigenvalue weighted by Gasteiger charge is 2.49. The van der Waals surface area contributed by atoms with Gasteiger partial charge in [-0.1, -0.05) is 114 Å². The zero-order valence-corrected chi connectivity index (χ0v) is 21.7. The van der Waals surface area contributed by atoms with Crippen LogP contribution in [0.15, 0.2) is 84.5 Å². The van der Waals surface area contributed by atoms with Crippen molar-refractivity contribution in [3.8, 4) is 0 Å². The van der Waals surface area contributed by atoms with Crippen molar-refractivity contribution in [1.29, 1.82) is 0 Å². The minimum atomic E-state index is -2.50. The minimum absolute atomic E-state index is 0.0219. The van der Waals surface area contributed by atoms with Crippen LogP contribution in [0.4, 0.5) is 0 Å². The Morgan fingerprint density at radius 2 is 1.47 bits per heavy atom. The second-order valence-electron chi connectivity index (χ2n) is 10.9. The average molecular weight is 449 g/mol. The molecular weight excluding hydrogens is 408 g/mol. The molecule has 172 valence electrons. The molecule has 0 fully saturated rings. The molecule has 0 bridgehead atoms. The fourth-order valence-corrected chi connectivity index (χ4v) is 9.61. The van der Waals surface area contributed by atoms with Crippen molar-refractivity contribution >= 4 is 18.7 Å². The lowest BCUT2D eigenvalue weighted by Crippen LogP contribution is -2.66. The highest BCUT2D eigenvalue weighted by atomic mass is 28.4. The van der Waals surface area contributed by atoms with Gasteiger partial charge in [-0.05, 0) is 52.6 Å². The average Bonchev–Trinajstić information content (AvgIpc) is 2.74. The van der Waals surface area contributed by atoms with Crippen LogP contribution in [0.25, 0.3) is 0 Å². The zero-order chi connectivity index (χ0) is 23.5. The molecule has 32 heavy (non-hydrogen) atoms. The fourth-order valence-electron chi connectivity index (χ4n) is 5.03. The lowest BCUT2D eigenvalue weighted by molar-refractivity contribution is 0.0935. The third kappa shape index (κ3) is 5.17. The molecule has 3 rings (SSSR count). The van der Waals surface area contributed by atoms with Gasteiger partial charge in [0.2, 0.25) is 0 Å². The first-order valence-corrected chi connectivity index (χ1v) is 13.8. The summed E-state index contributed by atoms with van der Waals surface area (Å²) >= 11 is 0. The molecule has 0 saturated heterocycles. The van der Waals surface area contributed by atoms with E-state index in [1.807, 2.05) is 13.0 Å². The number of allylic oxidation sites excluding steroid dienone is 1. The van der Waals surface area contributed by atoms with Crippen molar-refractivity contribution < 1.29 is 9.53 Å². The number of hydrogen-bond acceptors (Lipinski definition) is 2. The molecule has 1 aliphatic carbocycles. The van der Waals surface area contributed by atoms with Gasteiger partial charge in [-0.15, -0.1) is 0 Å². The summed E-state index contributed by atoms with van der Waals surface area (Å²) in [6, 6.07) is 21.5. The molecule has 0 radical (unpaired) electrons. The molecule has 2 nitrogen and oxygen atoms in total. The first kappa shape index (κ1) is 24.7. The summed E-state index contributed by atoms with van der Waals surface area (Å²) in [5.74, 6) is 0. The second kappa shape index (κ2) is 9.50. The molecule has 0 spiro atoms. The van der Waals surface area contributed by atoms with E-state index < -0.39 is 13.9 Å². The third-order valence-electron chi connectivity index (χ3n) is 6.85. The SMILES string of the molecule is CC1=CC(C)(C)CCC1(O)/C=C/CCO[Si](c1ccccc1)(c1ccccc1)C(C)(C)C. The number of aliphatic hydroxyl groups is 1. The smallest absolute Gasteiger partial charge is 0.261 e. The molecule has 2 aromatic rings. The maximum Gasteiger partial charge on any atom is 0.261 e. The van der Waals surface area contributed by atoms with E-state index in [1.165, 1.54) is 10.4 Å². The van der Waals surface area contributed by atoms with E-state index in [2.05, 4.69) is 107 Å². The molecule has 0 saturated carbocycles. The van der Waals surface area contributed by atoms with E-state index in [-0.39, 0.29) is 10.5 Å². The number of benzene rings is 2. The van der Waals surface area contributed by atoms with Crippen LogP contribution in [-0.4, -0.2) is 25.6 Å². The second-order valence-corrected chi connectivity index (χ2v) is 15.2. The van der Waals surface area contributed by atoms with Crippen LogP contribution in [0.5, 0.6) is 0 Å².